The highest BCUT2D eigenvalue weighted by Gasteiger charge is 2.41. The van der Waals surface area contributed by atoms with Crippen LogP contribution in [0.5, 0.6) is 0 Å². The first-order valence-corrected chi connectivity index (χ1v) is 18.6. The summed E-state index contributed by atoms with van der Waals surface area (Å²) in [7, 11) is -2.81. The molecule has 0 radical (unpaired) electrons. The fourth-order valence-electron chi connectivity index (χ4n) is 7.53. The molecule has 0 saturated carbocycles. The topological polar surface area (TPSA) is 43.9 Å². The SMILES string of the molecule is [2H]c1c([2H])c([2H])c2c(c1[2H])c1c([2H])c([2H])c([2H])c([2H])c1n2-c1ncnc2c1oc1ccc(-c3cccc([Si](c4ccccc4)(c4ccccc4)c4ccccc4)c3)cc12. The molecule has 0 aliphatic rings. The van der Waals surface area contributed by atoms with Gasteiger partial charge in [0.05, 0.1) is 22.0 Å². The van der Waals surface area contributed by atoms with Gasteiger partial charge in [-0.05, 0) is 56.1 Å². The summed E-state index contributed by atoms with van der Waals surface area (Å²) in [5.74, 6) is 0.0779. The van der Waals surface area contributed by atoms with Crippen LogP contribution in [0, 0.1) is 0 Å². The Morgan fingerprint density at radius 3 is 1.67 bits per heavy atom. The fourth-order valence-corrected chi connectivity index (χ4v) is 12.3. The van der Waals surface area contributed by atoms with Crippen molar-refractivity contribution >= 4 is 72.7 Å². The first kappa shape index (κ1) is 22.2. The van der Waals surface area contributed by atoms with Crippen molar-refractivity contribution in [3.63, 3.8) is 0 Å². The zero-order valence-electron chi connectivity index (χ0n) is 35.0. The summed E-state index contributed by atoms with van der Waals surface area (Å²) in [4.78, 5) is 9.19. The molecule has 0 unspecified atom stereocenters. The van der Waals surface area contributed by atoms with Crippen LogP contribution in [0.3, 0.4) is 0 Å². The average Bonchev–Trinajstić information content (AvgIpc) is 3.84. The van der Waals surface area contributed by atoms with E-state index in [0.717, 1.165) is 11.1 Å². The van der Waals surface area contributed by atoms with E-state index in [9.17, 15) is 0 Å². The monoisotopic (exact) mass is 677 g/mol. The number of aromatic nitrogens is 3. The molecule has 0 amide bonds. The molecule has 0 saturated heterocycles. The van der Waals surface area contributed by atoms with E-state index in [1.807, 2.05) is 36.4 Å². The lowest BCUT2D eigenvalue weighted by Crippen LogP contribution is -2.74. The molecule has 0 aliphatic heterocycles. The maximum Gasteiger partial charge on any atom is 0.197 e. The van der Waals surface area contributed by atoms with Gasteiger partial charge >= 0.3 is 0 Å². The van der Waals surface area contributed by atoms with Crippen molar-refractivity contribution in [3.05, 3.63) is 188 Å². The Labute approximate surface area is 307 Å². The van der Waals surface area contributed by atoms with E-state index >= 15 is 0 Å². The zero-order chi connectivity index (χ0) is 40.7. The van der Waals surface area contributed by atoms with E-state index in [-0.39, 0.29) is 33.2 Å². The van der Waals surface area contributed by atoms with Crippen LogP contribution in [-0.2, 0) is 0 Å². The molecule has 7 aromatic carbocycles. The molecule has 10 aromatic rings. The molecule has 4 nitrogen and oxygen atoms in total. The van der Waals surface area contributed by atoms with E-state index < -0.39 is 56.4 Å². The number of hydrogen-bond donors (Lipinski definition) is 0. The smallest absolute Gasteiger partial charge is 0.197 e. The maximum absolute atomic E-state index is 8.96. The fraction of sp³-hybridized carbons (Fsp3) is 0. The number of para-hydroxylation sites is 2. The maximum atomic E-state index is 8.96. The van der Waals surface area contributed by atoms with E-state index in [4.69, 9.17) is 15.4 Å². The number of hydrogen-bond acceptors (Lipinski definition) is 3. The summed E-state index contributed by atoms with van der Waals surface area (Å²) in [5, 5.41) is 5.59. The van der Waals surface area contributed by atoms with Crippen LogP contribution in [0.1, 0.15) is 11.0 Å². The third-order valence-corrected chi connectivity index (χ3v) is 14.5. The summed E-state index contributed by atoms with van der Waals surface area (Å²) in [5.41, 5.74) is 2.93. The highest BCUT2D eigenvalue weighted by molar-refractivity contribution is 7.19. The first-order chi connectivity index (χ1) is 28.6. The molecule has 51 heavy (non-hydrogen) atoms. The van der Waals surface area contributed by atoms with Crippen LogP contribution >= 0.6 is 0 Å². The van der Waals surface area contributed by atoms with Gasteiger partial charge in [0.15, 0.2) is 19.5 Å². The van der Waals surface area contributed by atoms with Crippen molar-refractivity contribution in [2.24, 2.45) is 0 Å². The molecule has 0 spiro atoms. The second-order valence-corrected chi connectivity index (χ2v) is 16.2. The molecule has 3 aromatic heterocycles. The molecule has 0 fully saturated rings. The highest BCUT2D eigenvalue weighted by Crippen LogP contribution is 2.37. The van der Waals surface area contributed by atoms with Gasteiger partial charge in [-0.1, -0.05) is 158 Å². The van der Waals surface area contributed by atoms with Gasteiger partial charge in [0, 0.05) is 16.2 Å². The minimum Gasteiger partial charge on any atom is -0.450 e. The minimum absolute atomic E-state index is 0.0378. The highest BCUT2D eigenvalue weighted by atomic mass is 28.3. The summed E-state index contributed by atoms with van der Waals surface area (Å²) >= 11 is 0. The van der Waals surface area contributed by atoms with Crippen molar-refractivity contribution in [1.82, 2.24) is 14.5 Å². The second kappa shape index (κ2) is 11.8. The van der Waals surface area contributed by atoms with E-state index in [1.165, 1.54) is 31.6 Å². The molecule has 5 heteroatoms. The molecule has 0 atom stereocenters. The molecule has 0 N–H and O–H groups in total. The summed E-state index contributed by atoms with van der Waals surface area (Å²) in [6.45, 7) is 0. The van der Waals surface area contributed by atoms with Crippen LogP contribution in [0.2, 0.25) is 0 Å². The van der Waals surface area contributed by atoms with Crippen molar-refractivity contribution < 1.29 is 15.4 Å². The summed E-state index contributed by atoms with van der Waals surface area (Å²) < 4.78 is 77.3. The normalized spacial score (nSPS) is 14.1. The lowest BCUT2D eigenvalue weighted by Gasteiger charge is -2.34. The predicted molar refractivity (Wildman–Crippen MR) is 213 cm³/mol. The van der Waals surface area contributed by atoms with Crippen molar-refractivity contribution in [2.45, 2.75) is 0 Å². The van der Waals surface area contributed by atoms with Gasteiger partial charge in [0.2, 0.25) is 0 Å². The van der Waals surface area contributed by atoms with Crippen LogP contribution in [-0.4, -0.2) is 22.6 Å². The van der Waals surface area contributed by atoms with Gasteiger partial charge in [0.25, 0.3) is 0 Å². The molecule has 3 heterocycles. The third kappa shape index (κ3) is 4.52. The number of nitrogens with zero attached hydrogens (tertiary/aromatic N) is 3. The lowest BCUT2D eigenvalue weighted by atomic mass is 10.0. The summed E-state index contributed by atoms with van der Waals surface area (Å²) in [6, 6.07) is 43.0. The third-order valence-electron chi connectivity index (χ3n) is 9.73. The first-order valence-electron chi connectivity index (χ1n) is 20.6. The van der Waals surface area contributed by atoms with Gasteiger partial charge in [0.1, 0.15) is 17.4 Å². The molecule has 10 rings (SSSR count). The van der Waals surface area contributed by atoms with Gasteiger partial charge in [-0.2, -0.15) is 0 Å². The Bertz CT molecular complexity index is 3150. The largest absolute Gasteiger partial charge is 0.450 e. The number of benzene rings is 7. The molecule has 240 valence electrons. The Morgan fingerprint density at radius 2 is 1.06 bits per heavy atom. The van der Waals surface area contributed by atoms with Crippen LogP contribution in [0.4, 0.5) is 0 Å². The quantitative estimate of drug-likeness (QED) is 0.131. The van der Waals surface area contributed by atoms with E-state index in [1.54, 1.807) is 0 Å². The van der Waals surface area contributed by atoms with Gasteiger partial charge in [-0.15, -0.1) is 0 Å². The minimum atomic E-state index is -2.81. The van der Waals surface area contributed by atoms with Gasteiger partial charge in [-0.25, -0.2) is 9.97 Å². The number of rotatable bonds is 6. The van der Waals surface area contributed by atoms with Crippen LogP contribution < -0.4 is 20.7 Å². The zero-order valence-corrected chi connectivity index (χ0v) is 28.0. The number of fused-ring (bicyclic) bond motifs is 6. The van der Waals surface area contributed by atoms with Gasteiger partial charge < -0.3 is 4.42 Å². The molecule has 0 bridgehead atoms. The van der Waals surface area contributed by atoms with Gasteiger partial charge in [-0.3, -0.25) is 4.57 Å². The van der Waals surface area contributed by atoms with E-state index in [2.05, 4.69) is 107 Å². The van der Waals surface area contributed by atoms with Crippen LogP contribution in [0.25, 0.3) is 60.8 Å². The van der Waals surface area contributed by atoms with Crippen molar-refractivity contribution in [1.29, 1.82) is 0 Å². The molecular formula is C46H31N3OSi. The lowest BCUT2D eigenvalue weighted by molar-refractivity contribution is 0.662. The Balaban J connectivity index is 1.21. The standard InChI is InChI=1S/C46H31N3OSi/c1-4-16-34(17-5-1)51(35-18-6-2-7-19-35,36-20-8-3-9-21-36)37-22-14-15-32(29-37)33-27-28-43-40(30-33)44-45(50-43)46(48-31-47-44)49-41-25-12-10-23-38(41)39-24-11-13-26-42(39)49/h1-31H/i10D,11D,12D,13D,23D,24D,25D,26D. The van der Waals surface area contributed by atoms with Crippen molar-refractivity contribution in [2.75, 3.05) is 0 Å². The predicted octanol–water partition coefficient (Wildman–Crippen LogP) is 8.52. The molecular weight excluding hydrogens is 639 g/mol. The molecule has 0 aliphatic carbocycles. The Morgan fingerprint density at radius 1 is 0.510 bits per heavy atom. The Hall–Kier alpha value is -6.56. The van der Waals surface area contributed by atoms with E-state index in [0.29, 0.717) is 16.5 Å². The Kier molecular flexibility index (Phi) is 5.14. The van der Waals surface area contributed by atoms with Crippen molar-refractivity contribution in [3.8, 4) is 16.9 Å². The van der Waals surface area contributed by atoms with Crippen LogP contribution in [0.15, 0.2) is 193 Å². The number of furan rings is 1. The second-order valence-electron chi connectivity index (χ2n) is 12.4. The summed E-state index contributed by atoms with van der Waals surface area (Å²) in [6.07, 6.45) is 1.33. The average molecular weight is 678 g/mol.